The number of carbonyl (C=O) groups excluding carboxylic acids is 2. The van der Waals surface area contributed by atoms with Gasteiger partial charge in [0.1, 0.15) is 17.3 Å². The monoisotopic (exact) mass is 528 g/mol. The number of anilines is 2. The average molecular weight is 529 g/mol. The van der Waals surface area contributed by atoms with E-state index >= 15 is 0 Å². The highest BCUT2D eigenvalue weighted by Crippen LogP contribution is 2.42. The molecule has 1 amide bonds. The number of rotatable bonds is 6. The van der Waals surface area contributed by atoms with Crippen LogP contribution >= 0.6 is 0 Å². The van der Waals surface area contributed by atoms with Gasteiger partial charge in [-0.1, -0.05) is 26.0 Å². The topological polar surface area (TPSA) is 98.8 Å². The van der Waals surface area contributed by atoms with Crippen molar-refractivity contribution in [3.05, 3.63) is 88.7 Å². The molecule has 1 saturated heterocycles. The van der Waals surface area contributed by atoms with E-state index in [9.17, 15) is 19.1 Å². The summed E-state index contributed by atoms with van der Waals surface area (Å²) in [7, 11) is 5.39. The van der Waals surface area contributed by atoms with E-state index in [0.717, 1.165) is 11.3 Å². The summed E-state index contributed by atoms with van der Waals surface area (Å²) in [5, 5.41) is 11.5. The van der Waals surface area contributed by atoms with Crippen molar-refractivity contribution in [2.45, 2.75) is 25.8 Å². The standard InChI is InChI=1S/C30H29FN4O4/c1-16(2)21-14-18(8-13-24(21)39-5)27(36)25-26(17-6-10-20(11-7-17)34(3)4)35(29(38)28(25)37)30-32-22-12-9-19(31)15-23(22)33-30/h6-16,26,36H,1-5H3,(H,32,33)/b27-25+. The SMILES string of the molecule is COc1ccc(/C(O)=C2\C(=O)C(=O)N(c3nc4ccc(F)cc4[nH]3)C2c2ccc(N(C)C)cc2)cc1C(C)C. The molecule has 1 atom stereocenters. The number of halogens is 1. The fraction of sp³-hybridized carbons (Fsp3) is 0.233. The molecule has 39 heavy (non-hydrogen) atoms. The fourth-order valence-corrected chi connectivity index (χ4v) is 4.89. The van der Waals surface area contributed by atoms with E-state index in [1.807, 2.05) is 57.1 Å². The summed E-state index contributed by atoms with van der Waals surface area (Å²) in [5.74, 6) is -1.64. The van der Waals surface area contributed by atoms with E-state index in [0.29, 0.717) is 27.9 Å². The summed E-state index contributed by atoms with van der Waals surface area (Å²) in [5.41, 5.74) is 3.51. The maximum absolute atomic E-state index is 13.9. The van der Waals surface area contributed by atoms with Crippen molar-refractivity contribution in [1.29, 1.82) is 0 Å². The normalized spacial score (nSPS) is 16.9. The van der Waals surface area contributed by atoms with Crippen LogP contribution in [0, 0.1) is 5.82 Å². The van der Waals surface area contributed by atoms with Crippen molar-refractivity contribution >= 4 is 40.1 Å². The van der Waals surface area contributed by atoms with Crippen molar-refractivity contribution in [2.24, 2.45) is 0 Å². The molecule has 1 aliphatic rings. The second kappa shape index (κ2) is 9.90. The van der Waals surface area contributed by atoms with E-state index in [-0.39, 0.29) is 23.2 Å². The van der Waals surface area contributed by atoms with Crippen LogP contribution in [-0.4, -0.2) is 48.0 Å². The lowest BCUT2D eigenvalue weighted by Gasteiger charge is -2.24. The van der Waals surface area contributed by atoms with Crippen LogP contribution in [0.15, 0.2) is 66.2 Å². The molecule has 1 unspecified atom stereocenters. The zero-order valence-electron chi connectivity index (χ0n) is 22.3. The molecule has 8 nitrogen and oxygen atoms in total. The third-order valence-electron chi connectivity index (χ3n) is 6.95. The largest absolute Gasteiger partial charge is 0.507 e. The average Bonchev–Trinajstić information content (AvgIpc) is 3.45. The van der Waals surface area contributed by atoms with Crippen molar-refractivity contribution in [3.8, 4) is 5.75 Å². The molecule has 4 aromatic rings. The van der Waals surface area contributed by atoms with Gasteiger partial charge in [-0.25, -0.2) is 9.37 Å². The Morgan fingerprint density at radius 1 is 1.08 bits per heavy atom. The first-order valence-corrected chi connectivity index (χ1v) is 12.5. The van der Waals surface area contributed by atoms with Gasteiger partial charge in [0, 0.05) is 25.3 Å². The molecule has 3 aromatic carbocycles. The Kier molecular flexibility index (Phi) is 6.59. The highest BCUT2D eigenvalue weighted by Gasteiger charge is 2.48. The number of hydrogen-bond acceptors (Lipinski definition) is 6. The lowest BCUT2D eigenvalue weighted by molar-refractivity contribution is -0.132. The van der Waals surface area contributed by atoms with Crippen LogP contribution in [0.4, 0.5) is 16.0 Å². The van der Waals surface area contributed by atoms with Crippen LogP contribution in [0.5, 0.6) is 5.75 Å². The molecule has 5 rings (SSSR count). The number of ketones is 1. The smallest absolute Gasteiger partial charge is 0.302 e. The van der Waals surface area contributed by atoms with Gasteiger partial charge in [-0.05, 0) is 65.6 Å². The summed E-state index contributed by atoms with van der Waals surface area (Å²) in [6.45, 7) is 3.99. The Bertz CT molecular complexity index is 1620. The number of aliphatic hydroxyl groups excluding tert-OH is 1. The minimum atomic E-state index is -0.976. The molecule has 0 aliphatic carbocycles. The van der Waals surface area contributed by atoms with Crippen LogP contribution < -0.4 is 14.5 Å². The number of aromatic nitrogens is 2. The number of benzene rings is 3. The Labute approximate surface area is 225 Å². The molecule has 2 N–H and O–H groups in total. The van der Waals surface area contributed by atoms with E-state index in [1.165, 1.54) is 23.1 Å². The van der Waals surface area contributed by atoms with Gasteiger partial charge >= 0.3 is 5.91 Å². The van der Waals surface area contributed by atoms with Gasteiger partial charge in [0.15, 0.2) is 0 Å². The van der Waals surface area contributed by atoms with Gasteiger partial charge in [0.2, 0.25) is 5.95 Å². The summed E-state index contributed by atoms with van der Waals surface area (Å²) in [6, 6.07) is 15.6. The number of methoxy groups -OCH3 is 1. The van der Waals surface area contributed by atoms with Gasteiger partial charge in [-0.15, -0.1) is 0 Å². The van der Waals surface area contributed by atoms with Gasteiger partial charge in [-0.2, -0.15) is 0 Å². The first-order chi connectivity index (χ1) is 18.6. The highest BCUT2D eigenvalue weighted by molar-refractivity contribution is 6.51. The maximum Gasteiger partial charge on any atom is 0.302 e. The minimum absolute atomic E-state index is 0.0656. The molecule has 0 spiro atoms. The molecule has 9 heteroatoms. The Balaban J connectivity index is 1.72. The van der Waals surface area contributed by atoms with Crippen molar-refractivity contribution in [1.82, 2.24) is 9.97 Å². The van der Waals surface area contributed by atoms with Crippen LogP contribution in [-0.2, 0) is 9.59 Å². The Morgan fingerprint density at radius 2 is 1.79 bits per heavy atom. The first-order valence-electron chi connectivity index (χ1n) is 12.5. The molecule has 2 heterocycles. The van der Waals surface area contributed by atoms with Crippen LogP contribution in [0.3, 0.4) is 0 Å². The summed E-state index contributed by atoms with van der Waals surface area (Å²) < 4.78 is 19.3. The summed E-state index contributed by atoms with van der Waals surface area (Å²) in [6.07, 6.45) is 0. The Morgan fingerprint density at radius 3 is 2.44 bits per heavy atom. The van der Waals surface area contributed by atoms with Gasteiger partial charge in [0.25, 0.3) is 5.78 Å². The maximum atomic E-state index is 13.9. The number of ether oxygens (including phenoxy) is 1. The third kappa shape index (κ3) is 4.50. The number of fused-ring (bicyclic) bond motifs is 1. The van der Waals surface area contributed by atoms with Crippen molar-refractivity contribution in [3.63, 3.8) is 0 Å². The molecule has 0 bridgehead atoms. The zero-order valence-corrected chi connectivity index (χ0v) is 22.3. The lowest BCUT2D eigenvalue weighted by atomic mass is 9.93. The number of carbonyl (C=O) groups is 2. The number of aromatic amines is 1. The number of Topliss-reactive ketones (excluding diaryl/α,β-unsaturated/α-hetero) is 1. The van der Waals surface area contributed by atoms with Gasteiger partial charge in [0.05, 0.1) is 29.8 Å². The van der Waals surface area contributed by atoms with E-state index in [4.69, 9.17) is 4.74 Å². The summed E-state index contributed by atoms with van der Waals surface area (Å²) in [4.78, 5) is 37.6. The predicted octanol–water partition coefficient (Wildman–Crippen LogP) is 5.53. The molecule has 1 aromatic heterocycles. The van der Waals surface area contributed by atoms with Crippen molar-refractivity contribution in [2.75, 3.05) is 31.0 Å². The van der Waals surface area contributed by atoms with Crippen LogP contribution in [0.2, 0.25) is 0 Å². The van der Waals surface area contributed by atoms with Crippen LogP contribution in [0.25, 0.3) is 16.8 Å². The number of nitrogens with one attached hydrogen (secondary N) is 1. The molecule has 1 fully saturated rings. The molecule has 1 aliphatic heterocycles. The number of amides is 1. The second-order valence-electron chi connectivity index (χ2n) is 9.99. The zero-order chi connectivity index (χ0) is 28.0. The van der Waals surface area contributed by atoms with Crippen molar-refractivity contribution < 1.29 is 23.8 Å². The molecular formula is C30H29FN4O4. The van der Waals surface area contributed by atoms with E-state index in [1.54, 1.807) is 25.3 Å². The highest BCUT2D eigenvalue weighted by atomic mass is 19.1. The molecular weight excluding hydrogens is 499 g/mol. The number of nitrogens with zero attached hydrogens (tertiary/aromatic N) is 3. The van der Waals surface area contributed by atoms with Crippen LogP contribution in [0.1, 0.15) is 42.5 Å². The lowest BCUT2D eigenvalue weighted by Crippen LogP contribution is -2.30. The summed E-state index contributed by atoms with van der Waals surface area (Å²) >= 11 is 0. The van der Waals surface area contributed by atoms with E-state index < -0.39 is 23.5 Å². The molecule has 200 valence electrons. The first kappa shape index (κ1) is 26.0. The second-order valence-corrected chi connectivity index (χ2v) is 9.99. The third-order valence-corrected chi connectivity index (χ3v) is 6.95. The van der Waals surface area contributed by atoms with Gasteiger partial charge in [-0.3, -0.25) is 14.5 Å². The molecule has 0 saturated carbocycles. The molecule has 0 radical (unpaired) electrons. The minimum Gasteiger partial charge on any atom is -0.507 e. The predicted molar refractivity (Wildman–Crippen MR) is 149 cm³/mol. The quantitative estimate of drug-likeness (QED) is 0.194. The number of H-pyrrole nitrogens is 1. The Hall–Kier alpha value is -4.66. The fourth-order valence-electron chi connectivity index (χ4n) is 4.89. The number of imidazole rings is 1. The van der Waals surface area contributed by atoms with E-state index in [2.05, 4.69) is 9.97 Å². The number of hydrogen-bond donors (Lipinski definition) is 2. The number of aliphatic hydroxyl groups is 1. The van der Waals surface area contributed by atoms with Gasteiger partial charge < -0.3 is 19.7 Å².